The van der Waals surface area contributed by atoms with Crippen LogP contribution in [0, 0.1) is 0 Å². The van der Waals surface area contributed by atoms with Crippen LogP contribution in [0.25, 0.3) is 0 Å². The lowest BCUT2D eigenvalue weighted by molar-refractivity contribution is 0.416. The number of piperidine rings is 1. The first-order valence-corrected chi connectivity index (χ1v) is 8.43. The third kappa shape index (κ3) is 3.61. The van der Waals surface area contributed by atoms with Crippen molar-refractivity contribution >= 4 is 31.6 Å². The molecule has 106 valence electrons. The molecule has 2 rings (SSSR count). The lowest BCUT2D eigenvalue weighted by Gasteiger charge is -2.23. The largest absolute Gasteiger partial charge is 0.495 e. The van der Waals surface area contributed by atoms with E-state index in [4.69, 9.17) is 4.74 Å². The molecule has 19 heavy (non-hydrogen) atoms. The predicted molar refractivity (Wildman–Crippen MR) is 79.1 cm³/mol. The Balaban J connectivity index is 2.21. The van der Waals surface area contributed by atoms with E-state index < -0.39 is 15.3 Å². The fourth-order valence-electron chi connectivity index (χ4n) is 2.08. The first-order chi connectivity index (χ1) is 9.03. The molecule has 0 bridgehead atoms. The summed E-state index contributed by atoms with van der Waals surface area (Å²) in [6, 6.07) is 5.23. The van der Waals surface area contributed by atoms with Gasteiger partial charge in [0.2, 0.25) is 10.0 Å². The molecule has 1 aliphatic rings. The number of sulfonamides is 1. The molecule has 5 nitrogen and oxygen atoms in total. The summed E-state index contributed by atoms with van der Waals surface area (Å²) in [5, 5.41) is 2.71. The lowest BCUT2D eigenvalue weighted by atomic mass is 10.2. The zero-order chi connectivity index (χ0) is 13.9. The van der Waals surface area contributed by atoms with Crippen LogP contribution in [0.5, 0.6) is 5.75 Å². The number of rotatable bonds is 4. The van der Waals surface area contributed by atoms with Crippen molar-refractivity contribution in [3.8, 4) is 5.75 Å². The van der Waals surface area contributed by atoms with E-state index in [1.807, 2.05) is 0 Å². The van der Waals surface area contributed by atoms with E-state index in [0.717, 1.165) is 17.4 Å². The van der Waals surface area contributed by atoms with Crippen molar-refractivity contribution < 1.29 is 13.2 Å². The molecular weight excluding hydrogens is 332 g/mol. The fraction of sp³-hybridized carbons (Fsp3) is 0.500. The number of nitrogens with one attached hydrogen (secondary N) is 2. The Kier molecular flexibility index (Phi) is 4.70. The number of ether oxygens (including phenoxy) is 1. The second-order valence-corrected chi connectivity index (χ2v) is 7.34. The maximum atomic E-state index is 12.3. The van der Waals surface area contributed by atoms with E-state index in [2.05, 4.69) is 26.0 Å². The van der Waals surface area contributed by atoms with E-state index in [-0.39, 0.29) is 0 Å². The van der Waals surface area contributed by atoms with Crippen LogP contribution in [0.2, 0.25) is 0 Å². The molecule has 7 heteroatoms. The molecule has 0 amide bonds. The fourth-order valence-corrected chi connectivity index (χ4v) is 3.89. The van der Waals surface area contributed by atoms with Gasteiger partial charge in [-0.15, -0.1) is 0 Å². The van der Waals surface area contributed by atoms with Crippen molar-refractivity contribution in [3.63, 3.8) is 0 Å². The second-order valence-electron chi connectivity index (χ2n) is 4.46. The highest BCUT2D eigenvalue weighted by Crippen LogP contribution is 2.29. The van der Waals surface area contributed by atoms with Crippen LogP contribution in [0.1, 0.15) is 12.8 Å². The van der Waals surface area contributed by atoms with E-state index in [9.17, 15) is 8.42 Å². The Morgan fingerprint density at radius 2 is 2.26 bits per heavy atom. The Morgan fingerprint density at radius 3 is 2.89 bits per heavy atom. The molecular formula is C12H17BrN2O3S. The molecule has 1 aromatic carbocycles. The van der Waals surface area contributed by atoms with Crippen LogP contribution in [-0.2, 0) is 10.0 Å². The Bertz CT molecular complexity index is 542. The highest BCUT2D eigenvalue weighted by atomic mass is 79.9. The Labute approximate surface area is 121 Å². The van der Waals surface area contributed by atoms with Gasteiger partial charge in [0, 0.05) is 11.0 Å². The highest BCUT2D eigenvalue weighted by Gasteiger charge is 2.27. The smallest absolute Gasteiger partial charge is 0.236 e. The number of benzene rings is 1. The molecule has 1 fully saturated rings. The van der Waals surface area contributed by atoms with Crippen LogP contribution < -0.4 is 14.8 Å². The highest BCUT2D eigenvalue weighted by molar-refractivity contribution is 9.10. The van der Waals surface area contributed by atoms with Gasteiger partial charge in [-0.05, 0) is 37.6 Å². The van der Waals surface area contributed by atoms with Crippen LogP contribution in [0.15, 0.2) is 22.7 Å². The number of hydrogen-bond acceptors (Lipinski definition) is 4. The molecule has 0 aromatic heterocycles. The topological polar surface area (TPSA) is 67.4 Å². The van der Waals surface area contributed by atoms with Crippen molar-refractivity contribution in [1.82, 2.24) is 5.32 Å². The van der Waals surface area contributed by atoms with Gasteiger partial charge in [-0.25, -0.2) is 8.42 Å². The predicted octanol–water partition coefficient (Wildman–Crippen LogP) is 1.95. The number of halogens is 1. The van der Waals surface area contributed by atoms with Gasteiger partial charge in [0.15, 0.2) is 0 Å². The molecule has 1 atom stereocenters. The zero-order valence-electron chi connectivity index (χ0n) is 10.6. The quantitative estimate of drug-likeness (QED) is 0.872. The monoisotopic (exact) mass is 348 g/mol. The first kappa shape index (κ1) is 14.6. The van der Waals surface area contributed by atoms with E-state index in [0.29, 0.717) is 24.4 Å². The lowest BCUT2D eigenvalue weighted by Crippen LogP contribution is -2.41. The molecule has 1 saturated heterocycles. The third-order valence-electron chi connectivity index (χ3n) is 3.10. The van der Waals surface area contributed by atoms with E-state index in [1.54, 1.807) is 18.2 Å². The van der Waals surface area contributed by atoms with Gasteiger partial charge >= 0.3 is 0 Å². The van der Waals surface area contributed by atoms with Crippen LogP contribution >= 0.6 is 15.9 Å². The first-order valence-electron chi connectivity index (χ1n) is 6.09. The molecule has 0 saturated carbocycles. The van der Waals surface area contributed by atoms with Gasteiger partial charge in [0.1, 0.15) is 5.75 Å². The van der Waals surface area contributed by atoms with Gasteiger partial charge in [-0.1, -0.05) is 15.9 Å². The molecule has 1 aromatic rings. The zero-order valence-corrected chi connectivity index (χ0v) is 13.1. The van der Waals surface area contributed by atoms with Crippen molar-refractivity contribution in [2.45, 2.75) is 18.1 Å². The SMILES string of the molecule is COc1ccc(Br)cc1NS(=O)(=O)C1CCCNC1. The maximum Gasteiger partial charge on any atom is 0.236 e. The molecule has 0 radical (unpaired) electrons. The standard InChI is InChI=1S/C12H17BrN2O3S/c1-18-12-5-4-9(13)7-11(12)15-19(16,17)10-3-2-6-14-8-10/h4-5,7,10,14-15H,2-3,6,8H2,1H3. The van der Waals surface area contributed by atoms with Gasteiger partial charge < -0.3 is 10.1 Å². The molecule has 0 spiro atoms. The van der Waals surface area contributed by atoms with Crippen LogP contribution in [0.3, 0.4) is 0 Å². The van der Waals surface area contributed by atoms with Gasteiger partial charge in [-0.3, -0.25) is 4.72 Å². The van der Waals surface area contributed by atoms with Crippen molar-refractivity contribution in [2.24, 2.45) is 0 Å². The summed E-state index contributed by atoms with van der Waals surface area (Å²) in [5.41, 5.74) is 0.461. The second kappa shape index (κ2) is 6.11. The van der Waals surface area contributed by atoms with E-state index >= 15 is 0 Å². The van der Waals surface area contributed by atoms with E-state index in [1.165, 1.54) is 7.11 Å². The minimum atomic E-state index is -3.40. The van der Waals surface area contributed by atoms with Gasteiger partial charge in [0.25, 0.3) is 0 Å². The van der Waals surface area contributed by atoms with Gasteiger partial charge in [0.05, 0.1) is 18.0 Å². The number of hydrogen-bond donors (Lipinski definition) is 2. The molecule has 1 aliphatic heterocycles. The van der Waals surface area contributed by atoms with Crippen LogP contribution in [0.4, 0.5) is 5.69 Å². The third-order valence-corrected chi connectivity index (χ3v) is 5.38. The Hall–Kier alpha value is -0.790. The van der Waals surface area contributed by atoms with Crippen molar-refractivity contribution in [2.75, 3.05) is 24.9 Å². The van der Waals surface area contributed by atoms with Gasteiger partial charge in [-0.2, -0.15) is 0 Å². The summed E-state index contributed by atoms with van der Waals surface area (Å²) < 4.78 is 33.2. The molecule has 1 unspecified atom stereocenters. The molecule has 2 N–H and O–H groups in total. The summed E-state index contributed by atoms with van der Waals surface area (Å²) in [6.45, 7) is 1.37. The minimum Gasteiger partial charge on any atom is -0.495 e. The normalized spacial score (nSPS) is 20.0. The Morgan fingerprint density at radius 1 is 1.47 bits per heavy atom. The summed E-state index contributed by atoms with van der Waals surface area (Å²) >= 11 is 3.33. The number of anilines is 1. The summed E-state index contributed by atoms with van der Waals surface area (Å²) in [5.74, 6) is 0.510. The minimum absolute atomic E-state index is 0.398. The summed E-state index contributed by atoms with van der Waals surface area (Å²) in [4.78, 5) is 0. The average Bonchev–Trinajstić information content (AvgIpc) is 2.39. The molecule has 0 aliphatic carbocycles. The number of methoxy groups -OCH3 is 1. The van der Waals surface area contributed by atoms with Crippen molar-refractivity contribution in [1.29, 1.82) is 0 Å². The van der Waals surface area contributed by atoms with Crippen molar-refractivity contribution in [3.05, 3.63) is 22.7 Å². The average molecular weight is 349 g/mol. The maximum absolute atomic E-state index is 12.3. The molecule has 1 heterocycles. The van der Waals surface area contributed by atoms with Crippen LogP contribution in [-0.4, -0.2) is 33.9 Å². The summed E-state index contributed by atoms with van der Waals surface area (Å²) in [6.07, 6.45) is 1.56. The summed E-state index contributed by atoms with van der Waals surface area (Å²) in [7, 11) is -1.88.